The highest BCUT2D eigenvalue weighted by atomic mass is 32.2. The lowest BCUT2D eigenvalue weighted by Crippen LogP contribution is -2.28. The predicted octanol–water partition coefficient (Wildman–Crippen LogP) is 4.23. The number of amides is 1. The molecule has 2 aromatic rings. The Labute approximate surface area is 170 Å². The van der Waals surface area contributed by atoms with Crippen LogP contribution in [-0.2, 0) is 4.79 Å². The van der Waals surface area contributed by atoms with E-state index in [-0.39, 0.29) is 17.2 Å². The second-order valence-electron chi connectivity index (χ2n) is 6.21. The van der Waals surface area contributed by atoms with Crippen LogP contribution in [0.15, 0.2) is 52.4 Å². The number of thioether (sulfide) groups is 1. The average Bonchev–Trinajstić information content (AvgIpc) is 2.97. The third-order valence-corrected chi connectivity index (χ3v) is 5.26. The first-order valence-corrected chi connectivity index (χ1v) is 9.50. The summed E-state index contributed by atoms with van der Waals surface area (Å²) in [5.74, 6) is -1.31. The minimum Gasteiger partial charge on any atom is -0.478 e. The highest BCUT2D eigenvalue weighted by Crippen LogP contribution is 2.34. The molecule has 0 atom stereocenters. The summed E-state index contributed by atoms with van der Waals surface area (Å²) in [5, 5.41) is 20.7. The molecular formula is C20H17N3O5S. The number of hydrogen-bond donors (Lipinski definition) is 1. The van der Waals surface area contributed by atoms with Gasteiger partial charge in [0.1, 0.15) is 0 Å². The van der Waals surface area contributed by atoms with Gasteiger partial charge >= 0.3 is 5.97 Å². The molecule has 0 radical (unpaired) electrons. The van der Waals surface area contributed by atoms with Gasteiger partial charge in [0.25, 0.3) is 11.6 Å². The van der Waals surface area contributed by atoms with E-state index in [1.54, 1.807) is 44.2 Å². The average molecular weight is 411 g/mol. The number of carboxylic acids is 1. The van der Waals surface area contributed by atoms with Crippen molar-refractivity contribution < 1.29 is 19.6 Å². The van der Waals surface area contributed by atoms with Gasteiger partial charge in [-0.05, 0) is 55.4 Å². The Hall–Kier alpha value is -3.46. The number of aliphatic imine (C=N–C) groups is 1. The molecule has 1 N–H and O–H groups in total. The number of amidine groups is 1. The Balaban J connectivity index is 1.96. The van der Waals surface area contributed by atoms with Crippen LogP contribution in [0.5, 0.6) is 0 Å². The largest absolute Gasteiger partial charge is 0.478 e. The van der Waals surface area contributed by atoms with E-state index in [0.717, 1.165) is 11.8 Å². The fraction of sp³-hybridized carbons (Fsp3) is 0.150. The van der Waals surface area contributed by atoms with Crippen molar-refractivity contribution in [1.29, 1.82) is 0 Å². The van der Waals surface area contributed by atoms with Crippen LogP contribution in [0.2, 0.25) is 0 Å². The number of carboxylic acid groups (broad SMARTS) is 1. The molecule has 0 aromatic heterocycles. The van der Waals surface area contributed by atoms with Gasteiger partial charge < -0.3 is 5.11 Å². The summed E-state index contributed by atoms with van der Waals surface area (Å²) in [5.41, 5.74) is 1.60. The fourth-order valence-electron chi connectivity index (χ4n) is 2.75. The maximum atomic E-state index is 12.7. The van der Waals surface area contributed by atoms with E-state index in [2.05, 4.69) is 4.99 Å². The molecule has 0 bridgehead atoms. The topological polar surface area (TPSA) is 113 Å². The van der Waals surface area contributed by atoms with E-state index in [1.165, 1.54) is 23.1 Å². The van der Waals surface area contributed by atoms with Crippen molar-refractivity contribution in [3.05, 3.63) is 74.2 Å². The predicted molar refractivity (Wildman–Crippen MR) is 111 cm³/mol. The molecule has 2 aromatic carbocycles. The van der Waals surface area contributed by atoms with E-state index in [1.807, 2.05) is 0 Å². The number of nitrogens with zero attached hydrogens (tertiary/aromatic N) is 3. The number of carbonyl (C=O) groups excluding carboxylic acids is 1. The van der Waals surface area contributed by atoms with Crippen LogP contribution in [-0.4, -0.2) is 38.5 Å². The van der Waals surface area contributed by atoms with Crippen molar-refractivity contribution in [3.63, 3.8) is 0 Å². The van der Waals surface area contributed by atoms with Crippen molar-refractivity contribution >= 4 is 46.3 Å². The number of hydrogen-bond acceptors (Lipinski definition) is 6. The number of aromatic carboxylic acids is 1. The van der Waals surface area contributed by atoms with E-state index in [0.29, 0.717) is 33.4 Å². The van der Waals surface area contributed by atoms with E-state index in [4.69, 9.17) is 5.11 Å². The van der Waals surface area contributed by atoms with Crippen molar-refractivity contribution in [2.45, 2.75) is 13.8 Å². The second kappa shape index (κ2) is 8.27. The van der Waals surface area contributed by atoms with Crippen LogP contribution >= 0.6 is 11.8 Å². The molecule has 1 amide bonds. The van der Waals surface area contributed by atoms with Crippen LogP contribution in [0.1, 0.15) is 28.4 Å². The quantitative estimate of drug-likeness (QED) is 0.448. The molecule has 0 aliphatic carbocycles. The van der Waals surface area contributed by atoms with Crippen LogP contribution in [0, 0.1) is 17.0 Å². The SMILES string of the molecule is CCN1C(=O)/C(=C\c2ccc(C)c([N+](=O)[O-])c2)SC1=Nc1cccc(C(=O)O)c1. The molecule has 8 nitrogen and oxygen atoms in total. The number of rotatable bonds is 5. The summed E-state index contributed by atoms with van der Waals surface area (Å²) in [4.78, 5) is 40.9. The van der Waals surface area contributed by atoms with Gasteiger partial charge in [0.05, 0.1) is 21.1 Å². The first kappa shape index (κ1) is 20.3. The number of nitro groups is 1. The molecule has 1 aliphatic rings. The first-order chi connectivity index (χ1) is 13.8. The highest BCUT2D eigenvalue weighted by Gasteiger charge is 2.32. The fourth-order valence-corrected chi connectivity index (χ4v) is 3.82. The summed E-state index contributed by atoms with van der Waals surface area (Å²) in [7, 11) is 0. The second-order valence-corrected chi connectivity index (χ2v) is 7.22. The molecular weight excluding hydrogens is 394 g/mol. The van der Waals surface area contributed by atoms with Crippen molar-refractivity contribution in [2.75, 3.05) is 6.54 Å². The Morgan fingerprint density at radius 1 is 1.31 bits per heavy atom. The lowest BCUT2D eigenvalue weighted by molar-refractivity contribution is -0.385. The van der Waals surface area contributed by atoms with Gasteiger partial charge in [-0.3, -0.25) is 19.8 Å². The van der Waals surface area contributed by atoms with Crippen molar-refractivity contribution in [2.24, 2.45) is 4.99 Å². The summed E-state index contributed by atoms with van der Waals surface area (Å²) < 4.78 is 0. The summed E-state index contributed by atoms with van der Waals surface area (Å²) in [6, 6.07) is 10.9. The summed E-state index contributed by atoms with van der Waals surface area (Å²) in [6.07, 6.45) is 1.60. The van der Waals surface area contributed by atoms with Gasteiger partial charge in [0, 0.05) is 18.2 Å². The zero-order valence-corrected chi connectivity index (χ0v) is 16.5. The Morgan fingerprint density at radius 3 is 2.72 bits per heavy atom. The van der Waals surface area contributed by atoms with Gasteiger partial charge in [-0.15, -0.1) is 0 Å². The first-order valence-electron chi connectivity index (χ1n) is 8.68. The van der Waals surface area contributed by atoms with E-state index >= 15 is 0 Å². The number of carbonyl (C=O) groups is 2. The third-order valence-electron chi connectivity index (χ3n) is 4.25. The minimum atomic E-state index is -1.06. The summed E-state index contributed by atoms with van der Waals surface area (Å²) in [6.45, 7) is 3.84. The maximum absolute atomic E-state index is 12.7. The Kier molecular flexibility index (Phi) is 5.79. The van der Waals surface area contributed by atoms with Crippen LogP contribution in [0.3, 0.4) is 0 Å². The van der Waals surface area contributed by atoms with Gasteiger partial charge in [-0.1, -0.05) is 18.2 Å². The molecule has 1 aliphatic heterocycles. The van der Waals surface area contributed by atoms with Crippen LogP contribution in [0.4, 0.5) is 11.4 Å². The molecule has 0 saturated carbocycles. The number of benzene rings is 2. The van der Waals surface area contributed by atoms with Gasteiger partial charge in [0.15, 0.2) is 5.17 Å². The van der Waals surface area contributed by atoms with Crippen molar-refractivity contribution in [1.82, 2.24) is 4.90 Å². The van der Waals surface area contributed by atoms with Gasteiger partial charge in [-0.2, -0.15) is 0 Å². The van der Waals surface area contributed by atoms with Gasteiger partial charge in [-0.25, -0.2) is 9.79 Å². The van der Waals surface area contributed by atoms with Crippen LogP contribution < -0.4 is 0 Å². The molecule has 148 valence electrons. The number of nitro benzene ring substituents is 1. The zero-order chi connectivity index (χ0) is 21.1. The summed E-state index contributed by atoms with van der Waals surface area (Å²) >= 11 is 1.14. The molecule has 3 rings (SSSR count). The molecule has 9 heteroatoms. The lowest BCUT2D eigenvalue weighted by atomic mass is 10.1. The monoisotopic (exact) mass is 411 g/mol. The third kappa shape index (κ3) is 4.35. The maximum Gasteiger partial charge on any atom is 0.335 e. The zero-order valence-electron chi connectivity index (χ0n) is 15.7. The van der Waals surface area contributed by atoms with Crippen LogP contribution in [0.25, 0.3) is 6.08 Å². The number of likely N-dealkylation sites (N-methyl/N-ethyl adjacent to an activating group) is 1. The van der Waals surface area contributed by atoms with Crippen molar-refractivity contribution in [3.8, 4) is 0 Å². The smallest absolute Gasteiger partial charge is 0.335 e. The van der Waals surface area contributed by atoms with E-state index in [9.17, 15) is 19.7 Å². The Morgan fingerprint density at radius 2 is 2.07 bits per heavy atom. The normalized spacial score (nSPS) is 16.6. The molecule has 1 fully saturated rings. The highest BCUT2D eigenvalue weighted by molar-refractivity contribution is 8.18. The molecule has 0 spiro atoms. The number of aryl methyl sites for hydroxylation is 1. The van der Waals surface area contributed by atoms with E-state index < -0.39 is 10.9 Å². The molecule has 29 heavy (non-hydrogen) atoms. The standard InChI is InChI=1S/C20H17N3O5S/c1-3-22-18(24)17(10-13-8-7-12(2)16(9-13)23(27)28)29-20(22)21-15-6-4-5-14(11-15)19(25)26/h4-11H,3H2,1-2H3,(H,25,26)/b17-10+,21-20?. The molecule has 1 heterocycles. The lowest BCUT2D eigenvalue weighted by Gasteiger charge is -2.12. The minimum absolute atomic E-state index is 0.0125. The molecule has 0 unspecified atom stereocenters. The molecule has 1 saturated heterocycles. The Bertz CT molecular complexity index is 1080. The van der Waals surface area contributed by atoms with Gasteiger partial charge in [0.2, 0.25) is 0 Å².